The Morgan fingerprint density at radius 3 is 2.78 bits per heavy atom. The third-order valence-corrected chi connectivity index (χ3v) is 2.48. The normalized spacial score (nSPS) is 13.3. The van der Waals surface area contributed by atoms with E-state index in [9.17, 15) is 9.18 Å². The van der Waals surface area contributed by atoms with Gasteiger partial charge in [-0.25, -0.2) is 4.39 Å². The Bertz CT molecular complexity index is 476. The number of benzene rings is 1. The molecule has 1 aromatic rings. The van der Waals surface area contributed by atoms with Crippen molar-refractivity contribution in [2.45, 2.75) is 19.5 Å². The van der Waals surface area contributed by atoms with Crippen LogP contribution >= 0.6 is 0 Å². The highest BCUT2D eigenvalue weighted by atomic mass is 19.1. The van der Waals surface area contributed by atoms with Crippen LogP contribution in [0.2, 0.25) is 0 Å². The van der Waals surface area contributed by atoms with Crippen LogP contribution in [0.3, 0.4) is 0 Å². The zero-order valence-electron chi connectivity index (χ0n) is 9.85. The van der Waals surface area contributed by atoms with Crippen LogP contribution in [-0.2, 0) is 11.3 Å². The molecule has 0 bridgehead atoms. The van der Waals surface area contributed by atoms with Gasteiger partial charge in [-0.15, -0.1) is 0 Å². The number of nitrogens with one attached hydrogen (secondary N) is 1. The van der Waals surface area contributed by atoms with Gasteiger partial charge in [0.15, 0.2) is 5.84 Å². The molecule has 0 aromatic heterocycles. The minimum atomic E-state index is -0.532. The SMILES string of the molecule is CC(NCc1ccc(F)cc1C(N)=NO)C(N)=O. The fourth-order valence-corrected chi connectivity index (χ4v) is 1.36. The van der Waals surface area contributed by atoms with Gasteiger partial charge in [0.05, 0.1) is 6.04 Å². The maximum Gasteiger partial charge on any atom is 0.234 e. The average Bonchev–Trinajstić information content (AvgIpc) is 2.35. The maximum atomic E-state index is 13.1. The Morgan fingerprint density at radius 1 is 1.56 bits per heavy atom. The van der Waals surface area contributed by atoms with E-state index in [1.165, 1.54) is 12.1 Å². The summed E-state index contributed by atoms with van der Waals surface area (Å²) in [4.78, 5) is 10.9. The second-order valence-corrected chi connectivity index (χ2v) is 3.79. The number of rotatable bonds is 5. The van der Waals surface area contributed by atoms with Gasteiger partial charge in [-0.2, -0.15) is 0 Å². The molecule has 0 saturated heterocycles. The molecule has 98 valence electrons. The maximum absolute atomic E-state index is 13.1. The van der Waals surface area contributed by atoms with Crippen LogP contribution in [-0.4, -0.2) is 23.0 Å². The van der Waals surface area contributed by atoms with Gasteiger partial charge in [0.1, 0.15) is 5.82 Å². The Morgan fingerprint density at radius 2 is 2.22 bits per heavy atom. The molecule has 6 N–H and O–H groups in total. The highest BCUT2D eigenvalue weighted by Gasteiger charge is 2.12. The highest BCUT2D eigenvalue weighted by molar-refractivity contribution is 5.98. The fourth-order valence-electron chi connectivity index (χ4n) is 1.36. The number of nitrogens with zero attached hydrogens (tertiary/aromatic N) is 1. The van der Waals surface area contributed by atoms with Crippen molar-refractivity contribution >= 4 is 11.7 Å². The molecule has 0 aliphatic heterocycles. The van der Waals surface area contributed by atoms with Crippen LogP contribution in [0.4, 0.5) is 4.39 Å². The monoisotopic (exact) mass is 254 g/mol. The summed E-state index contributed by atoms with van der Waals surface area (Å²) in [6.45, 7) is 1.85. The number of amidine groups is 1. The van der Waals surface area contributed by atoms with Crippen LogP contribution < -0.4 is 16.8 Å². The van der Waals surface area contributed by atoms with Gasteiger partial charge in [0.2, 0.25) is 5.91 Å². The summed E-state index contributed by atoms with van der Waals surface area (Å²) in [7, 11) is 0. The molecule has 1 atom stereocenters. The standard InChI is InChI=1S/C11H15FN4O2/c1-6(11(14)17)15-5-7-2-3-8(12)4-9(7)10(13)16-18/h2-4,6,15,18H,5H2,1H3,(H2,13,16)(H2,14,17). The van der Waals surface area contributed by atoms with Crippen molar-refractivity contribution in [2.75, 3.05) is 0 Å². The van der Waals surface area contributed by atoms with Crippen molar-refractivity contribution in [3.05, 3.63) is 35.1 Å². The van der Waals surface area contributed by atoms with E-state index in [-0.39, 0.29) is 17.9 Å². The van der Waals surface area contributed by atoms with Crippen molar-refractivity contribution in [3.8, 4) is 0 Å². The molecular weight excluding hydrogens is 239 g/mol. The van der Waals surface area contributed by atoms with Crippen LogP contribution in [0.15, 0.2) is 23.4 Å². The van der Waals surface area contributed by atoms with Crippen molar-refractivity contribution in [2.24, 2.45) is 16.6 Å². The largest absolute Gasteiger partial charge is 0.409 e. The van der Waals surface area contributed by atoms with Gasteiger partial charge in [0.25, 0.3) is 0 Å². The minimum Gasteiger partial charge on any atom is -0.409 e. The molecule has 18 heavy (non-hydrogen) atoms. The topological polar surface area (TPSA) is 114 Å². The van der Waals surface area contributed by atoms with Gasteiger partial charge in [0, 0.05) is 12.1 Å². The lowest BCUT2D eigenvalue weighted by atomic mass is 10.1. The molecule has 1 amide bonds. The smallest absolute Gasteiger partial charge is 0.234 e. The molecule has 0 radical (unpaired) electrons. The molecular formula is C11H15FN4O2. The molecule has 0 fully saturated rings. The summed E-state index contributed by atoms with van der Waals surface area (Å²) in [5, 5.41) is 14.3. The van der Waals surface area contributed by atoms with E-state index in [1.807, 2.05) is 0 Å². The van der Waals surface area contributed by atoms with E-state index < -0.39 is 17.8 Å². The Kier molecular flexibility index (Phi) is 4.61. The molecule has 0 aliphatic rings. The number of halogens is 1. The molecule has 1 unspecified atom stereocenters. The number of carbonyl (C=O) groups excluding carboxylic acids is 1. The van der Waals surface area contributed by atoms with E-state index in [2.05, 4.69) is 10.5 Å². The van der Waals surface area contributed by atoms with Crippen LogP contribution in [0.25, 0.3) is 0 Å². The number of nitrogens with two attached hydrogens (primary N) is 2. The Balaban J connectivity index is 2.92. The Labute approximate surface area is 103 Å². The third kappa shape index (κ3) is 3.42. The number of carbonyl (C=O) groups is 1. The molecule has 1 aromatic carbocycles. The quantitative estimate of drug-likeness (QED) is 0.254. The first-order valence-electron chi connectivity index (χ1n) is 5.24. The molecule has 0 aliphatic carbocycles. The van der Waals surface area contributed by atoms with Gasteiger partial charge in [-0.3, -0.25) is 4.79 Å². The summed E-state index contributed by atoms with van der Waals surface area (Å²) in [5.41, 5.74) is 11.4. The van der Waals surface area contributed by atoms with Crippen molar-refractivity contribution in [3.63, 3.8) is 0 Å². The van der Waals surface area contributed by atoms with Gasteiger partial charge >= 0.3 is 0 Å². The number of hydrogen-bond donors (Lipinski definition) is 4. The molecule has 6 nitrogen and oxygen atoms in total. The van der Waals surface area contributed by atoms with E-state index >= 15 is 0 Å². The molecule has 0 saturated carbocycles. The van der Waals surface area contributed by atoms with E-state index in [0.29, 0.717) is 5.56 Å². The molecule has 1 rings (SSSR count). The minimum absolute atomic E-state index is 0.196. The van der Waals surface area contributed by atoms with Crippen LogP contribution in [0.1, 0.15) is 18.1 Å². The van der Waals surface area contributed by atoms with E-state index in [4.69, 9.17) is 16.7 Å². The lowest BCUT2D eigenvalue weighted by Gasteiger charge is -2.12. The van der Waals surface area contributed by atoms with Gasteiger partial charge in [-0.1, -0.05) is 11.2 Å². The zero-order valence-corrected chi connectivity index (χ0v) is 9.85. The van der Waals surface area contributed by atoms with Gasteiger partial charge < -0.3 is 22.0 Å². The van der Waals surface area contributed by atoms with Crippen molar-refractivity contribution in [1.82, 2.24) is 5.32 Å². The van der Waals surface area contributed by atoms with E-state index in [1.54, 1.807) is 6.92 Å². The molecule has 7 heteroatoms. The summed E-state index contributed by atoms with van der Waals surface area (Å²) < 4.78 is 13.1. The van der Waals surface area contributed by atoms with Gasteiger partial charge in [-0.05, 0) is 24.6 Å². The highest BCUT2D eigenvalue weighted by Crippen LogP contribution is 2.11. The summed E-state index contributed by atoms with van der Waals surface area (Å²) in [6, 6.07) is 3.36. The molecule has 0 spiro atoms. The number of amides is 1. The fraction of sp³-hybridized carbons (Fsp3) is 0.273. The van der Waals surface area contributed by atoms with E-state index in [0.717, 1.165) is 6.07 Å². The third-order valence-electron chi connectivity index (χ3n) is 2.48. The predicted octanol–water partition coefficient (Wildman–Crippen LogP) is -0.116. The average molecular weight is 254 g/mol. The summed E-state index contributed by atoms with van der Waals surface area (Å²) in [5.74, 6) is -1.19. The second kappa shape index (κ2) is 5.97. The zero-order chi connectivity index (χ0) is 13.7. The Hall–Kier alpha value is -2.15. The number of primary amides is 1. The lowest BCUT2D eigenvalue weighted by Crippen LogP contribution is -2.38. The first-order valence-corrected chi connectivity index (χ1v) is 5.24. The lowest BCUT2D eigenvalue weighted by molar-refractivity contribution is -0.119. The van der Waals surface area contributed by atoms with Crippen molar-refractivity contribution in [1.29, 1.82) is 0 Å². The van der Waals surface area contributed by atoms with Crippen molar-refractivity contribution < 1.29 is 14.4 Å². The summed E-state index contributed by atoms with van der Waals surface area (Å²) in [6.07, 6.45) is 0. The molecule has 0 heterocycles. The second-order valence-electron chi connectivity index (χ2n) is 3.79. The number of hydrogen-bond acceptors (Lipinski definition) is 4. The first kappa shape index (κ1) is 13.9. The number of oxime groups is 1. The van der Waals surface area contributed by atoms with Crippen LogP contribution in [0.5, 0.6) is 0 Å². The van der Waals surface area contributed by atoms with Crippen LogP contribution in [0, 0.1) is 5.82 Å². The first-order chi connectivity index (χ1) is 8.45. The predicted molar refractivity (Wildman–Crippen MR) is 64.4 cm³/mol. The summed E-state index contributed by atoms with van der Waals surface area (Å²) >= 11 is 0.